The standard InChI is InChI=1S/C13H19NO2/c1-14-8-2-3-11(9-14)13(16)10-4-6-12(15)7-5-10/h4-7,11,13,15-16H,2-3,8-9H2,1H3. The molecule has 1 fully saturated rings. The second-order valence-electron chi connectivity index (χ2n) is 4.70. The number of hydrogen-bond donors (Lipinski definition) is 2. The summed E-state index contributed by atoms with van der Waals surface area (Å²) in [7, 11) is 2.09. The van der Waals surface area contributed by atoms with E-state index >= 15 is 0 Å². The summed E-state index contributed by atoms with van der Waals surface area (Å²) in [4.78, 5) is 2.26. The fraction of sp³-hybridized carbons (Fsp3) is 0.538. The van der Waals surface area contributed by atoms with E-state index in [9.17, 15) is 10.2 Å². The molecule has 1 aromatic rings. The molecule has 0 aromatic heterocycles. The first-order valence-electron chi connectivity index (χ1n) is 5.82. The molecular formula is C13H19NO2. The average molecular weight is 221 g/mol. The number of hydrogen-bond acceptors (Lipinski definition) is 3. The van der Waals surface area contributed by atoms with Crippen molar-refractivity contribution in [3.05, 3.63) is 29.8 Å². The summed E-state index contributed by atoms with van der Waals surface area (Å²) in [6, 6.07) is 6.86. The van der Waals surface area contributed by atoms with Crippen LogP contribution in [0.15, 0.2) is 24.3 Å². The highest BCUT2D eigenvalue weighted by Gasteiger charge is 2.25. The first kappa shape index (κ1) is 11.4. The largest absolute Gasteiger partial charge is 0.508 e. The van der Waals surface area contributed by atoms with Crippen LogP contribution in [-0.2, 0) is 0 Å². The Morgan fingerprint density at radius 2 is 2.00 bits per heavy atom. The van der Waals surface area contributed by atoms with Crippen LogP contribution in [0.3, 0.4) is 0 Å². The van der Waals surface area contributed by atoms with Gasteiger partial charge in [0.2, 0.25) is 0 Å². The van der Waals surface area contributed by atoms with Crippen LogP contribution in [-0.4, -0.2) is 35.3 Å². The summed E-state index contributed by atoms with van der Waals surface area (Å²) >= 11 is 0. The Hall–Kier alpha value is -1.06. The third-order valence-electron chi connectivity index (χ3n) is 3.34. The average Bonchev–Trinajstić information content (AvgIpc) is 2.29. The number of benzene rings is 1. The highest BCUT2D eigenvalue weighted by molar-refractivity contribution is 5.27. The zero-order chi connectivity index (χ0) is 11.5. The molecule has 2 atom stereocenters. The van der Waals surface area contributed by atoms with Gasteiger partial charge in [0.25, 0.3) is 0 Å². The van der Waals surface area contributed by atoms with E-state index in [0.717, 1.165) is 31.5 Å². The maximum atomic E-state index is 10.2. The maximum Gasteiger partial charge on any atom is 0.115 e. The van der Waals surface area contributed by atoms with E-state index in [1.165, 1.54) is 0 Å². The second kappa shape index (κ2) is 4.85. The molecule has 3 nitrogen and oxygen atoms in total. The summed E-state index contributed by atoms with van der Waals surface area (Å²) in [6.45, 7) is 2.07. The van der Waals surface area contributed by atoms with Gasteiger partial charge >= 0.3 is 0 Å². The Labute approximate surface area is 96.3 Å². The van der Waals surface area contributed by atoms with Gasteiger partial charge in [-0.3, -0.25) is 0 Å². The van der Waals surface area contributed by atoms with Gasteiger partial charge in [-0.1, -0.05) is 12.1 Å². The number of aliphatic hydroxyl groups is 1. The summed E-state index contributed by atoms with van der Waals surface area (Å²) in [5.74, 6) is 0.556. The smallest absolute Gasteiger partial charge is 0.115 e. The van der Waals surface area contributed by atoms with Gasteiger partial charge in [-0.2, -0.15) is 0 Å². The first-order valence-corrected chi connectivity index (χ1v) is 5.82. The van der Waals surface area contributed by atoms with E-state index in [-0.39, 0.29) is 5.75 Å². The fourth-order valence-corrected chi connectivity index (χ4v) is 2.41. The highest BCUT2D eigenvalue weighted by Crippen LogP contribution is 2.29. The van der Waals surface area contributed by atoms with Crippen LogP contribution in [0.1, 0.15) is 24.5 Å². The molecular weight excluding hydrogens is 202 g/mol. The van der Waals surface area contributed by atoms with Crippen molar-refractivity contribution in [1.29, 1.82) is 0 Å². The minimum Gasteiger partial charge on any atom is -0.508 e. The monoisotopic (exact) mass is 221 g/mol. The van der Waals surface area contributed by atoms with Crippen LogP contribution in [0.25, 0.3) is 0 Å². The molecule has 2 unspecified atom stereocenters. The van der Waals surface area contributed by atoms with Crippen molar-refractivity contribution in [1.82, 2.24) is 4.90 Å². The van der Waals surface area contributed by atoms with E-state index in [1.54, 1.807) is 24.3 Å². The quantitative estimate of drug-likeness (QED) is 0.800. The number of aromatic hydroxyl groups is 1. The van der Waals surface area contributed by atoms with Gasteiger partial charge in [0.1, 0.15) is 5.75 Å². The van der Waals surface area contributed by atoms with Crippen LogP contribution in [0, 0.1) is 5.92 Å². The van der Waals surface area contributed by atoms with Crippen molar-refractivity contribution >= 4 is 0 Å². The molecule has 0 amide bonds. The van der Waals surface area contributed by atoms with Gasteiger partial charge in [0, 0.05) is 12.5 Å². The van der Waals surface area contributed by atoms with Crippen LogP contribution in [0.5, 0.6) is 5.75 Å². The molecule has 3 heteroatoms. The lowest BCUT2D eigenvalue weighted by Gasteiger charge is -2.32. The lowest BCUT2D eigenvalue weighted by molar-refractivity contribution is 0.0592. The molecule has 2 rings (SSSR count). The van der Waals surface area contributed by atoms with Gasteiger partial charge in [0.15, 0.2) is 0 Å². The minimum absolute atomic E-state index is 0.247. The summed E-state index contributed by atoms with van der Waals surface area (Å²) < 4.78 is 0. The van der Waals surface area contributed by atoms with Crippen molar-refractivity contribution in [2.24, 2.45) is 5.92 Å². The molecule has 0 saturated carbocycles. The number of aliphatic hydroxyl groups excluding tert-OH is 1. The first-order chi connectivity index (χ1) is 7.66. The van der Waals surface area contributed by atoms with Crippen molar-refractivity contribution in [3.8, 4) is 5.75 Å². The number of likely N-dealkylation sites (tertiary alicyclic amines) is 1. The van der Waals surface area contributed by atoms with E-state index in [1.807, 2.05) is 0 Å². The Kier molecular flexibility index (Phi) is 3.46. The molecule has 1 aliphatic heterocycles. The number of piperidine rings is 1. The lowest BCUT2D eigenvalue weighted by atomic mass is 9.89. The highest BCUT2D eigenvalue weighted by atomic mass is 16.3. The Balaban J connectivity index is 2.06. The molecule has 0 bridgehead atoms. The number of nitrogens with zero attached hydrogens (tertiary/aromatic N) is 1. The number of phenolic OH excluding ortho intramolecular Hbond substituents is 1. The van der Waals surface area contributed by atoms with Gasteiger partial charge in [-0.25, -0.2) is 0 Å². The Morgan fingerprint density at radius 1 is 1.31 bits per heavy atom. The van der Waals surface area contributed by atoms with Crippen molar-refractivity contribution < 1.29 is 10.2 Å². The molecule has 16 heavy (non-hydrogen) atoms. The predicted octanol–water partition coefficient (Wildman–Crippen LogP) is 1.77. The summed E-state index contributed by atoms with van der Waals surface area (Å²) in [5, 5.41) is 19.4. The number of rotatable bonds is 2. The second-order valence-corrected chi connectivity index (χ2v) is 4.70. The van der Waals surface area contributed by atoms with E-state index in [2.05, 4.69) is 11.9 Å². The molecule has 88 valence electrons. The summed E-state index contributed by atoms with van der Waals surface area (Å²) in [6.07, 6.45) is 1.81. The molecule has 1 aromatic carbocycles. The van der Waals surface area contributed by atoms with Crippen LogP contribution in [0.4, 0.5) is 0 Å². The Morgan fingerprint density at radius 3 is 2.62 bits per heavy atom. The molecule has 2 N–H and O–H groups in total. The predicted molar refractivity (Wildman–Crippen MR) is 63.3 cm³/mol. The van der Waals surface area contributed by atoms with E-state index in [0.29, 0.717) is 5.92 Å². The molecule has 1 heterocycles. The van der Waals surface area contributed by atoms with Crippen LogP contribution < -0.4 is 0 Å². The van der Waals surface area contributed by atoms with Gasteiger partial charge in [-0.05, 0) is 44.1 Å². The van der Waals surface area contributed by atoms with Crippen molar-refractivity contribution in [2.45, 2.75) is 18.9 Å². The van der Waals surface area contributed by atoms with Crippen LogP contribution >= 0.6 is 0 Å². The van der Waals surface area contributed by atoms with Gasteiger partial charge in [0.05, 0.1) is 6.10 Å². The zero-order valence-electron chi connectivity index (χ0n) is 9.63. The minimum atomic E-state index is -0.414. The molecule has 1 saturated heterocycles. The van der Waals surface area contributed by atoms with E-state index < -0.39 is 6.10 Å². The normalized spacial score (nSPS) is 24.2. The maximum absolute atomic E-state index is 10.2. The fourth-order valence-electron chi connectivity index (χ4n) is 2.41. The lowest BCUT2D eigenvalue weighted by Crippen LogP contribution is -2.35. The Bertz CT molecular complexity index is 336. The van der Waals surface area contributed by atoms with Gasteiger partial charge < -0.3 is 15.1 Å². The molecule has 0 radical (unpaired) electrons. The SMILES string of the molecule is CN1CCCC(C(O)c2ccc(O)cc2)C1. The third-order valence-corrected chi connectivity index (χ3v) is 3.34. The van der Waals surface area contributed by atoms with Crippen molar-refractivity contribution in [3.63, 3.8) is 0 Å². The van der Waals surface area contributed by atoms with Gasteiger partial charge in [-0.15, -0.1) is 0 Å². The molecule has 0 spiro atoms. The topological polar surface area (TPSA) is 43.7 Å². The molecule has 1 aliphatic rings. The number of phenols is 1. The summed E-state index contributed by atoms with van der Waals surface area (Å²) in [5.41, 5.74) is 0.901. The van der Waals surface area contributed by atoms with Crippen molar-refractivity contribution in [2.75, 3.05) is 20.1 Å². The zero-order valence-corrected chi connectivity index (χ0v) is 9.63. The van der Waals surface area contributed by atoms with Crippen LogP contribution in [0.2, 0.25) is 0 Å². The third kappa shape index (κ3) is 2.54. The van der Waals surface area contributed by atoms with E-state index in [4.69, 9.17) is 0 Å². The molecule has 0 aliphatic carbocycles.